The van der Waals surface area contributed by atoms with Gasteiger partial charge in [-0.3, -0.25) is 9.59 Å². The first-order chi connectivity index (χ1) is 8.20. The lowest BCUT2D eigenvalue weighted by molar-refractivity contribution is -0.128. The van der Waals surface area contributed by atoms with E-state index in [0.29, 0.717) is 4.88 Å². The molecule has 0 aliphatic carbocycles. The second kappa shape index (κ2) is 5.45. The Morgan fingerprint density at radius 2 is 2.18 bits per heavy atom. The summed E-state index contributed by atoms with van der Waals surface area (Å²) in [6.07, 6.45) is 4.32. The molecule has 2 heterocycles. The first kappa shape index (κ1) is 12.3. The molecule has 1 atom stereocenters. The average molecular weight is 251 g/mol. The number of carbonyl (C=O) groups excluding carboxylic acids is 2. The third-order valence-corrected chi connectivity index (χ3v) is 4.12. The second-order valence-corrected chi connectivity index (χ2v) is 5.45. The Hall–Kier alpha value is -1.16. The highest BCUT2D eigenvalue weighted by Crippen LogP contribution is 2.18. The predicted molar refractivity (Wildman–Crippen MR) is 68.3 cm³/mol. The minimum atomic E-state index is -0.353. The van der Waals surface area contributed by atoms with Gasteiger partial charge in [0.05, 0.1) is 4.88 Å². The fourth-order valence-corrected chi connectivity index (χ4v) is 2.88. The second-order valence-electron chi connectivity index (χ2n) is 4.50. The van der Waals surface area contributed by atoms with Crippen molar-refractivity contribution >= 4 is 23.0 Å². The van der Waals surface area contributed by atoms with Gasteiger partial charge in [0.25, 0.3) is 11.7 Å². The Balaban J connectivity index is 2.10. The number of ketones is 1. The third kappa shape index (κ3) is 2.75. The molecule has 1 saturated heterocycles. The maximum absolute atomic E-state index is 12.1. The van der Waals surface area contributed by atoms with Gasteiger partial charge in [0.2, 0.25) is 0 Å². The maximum atomic E-state index is 12.1. The summed E-state index contributed by atoms with van der Waals surface area (Å²) in [4.78, 5) is 26.4. The van der Waals surface area contributed by atoms with E-state index in [2.05, 4.69) is 0 Å². The summed E-state index contributed by atoms with van der Waals surface area (Å²) >= 11 is 1.33. The number of hydrogen-bond donors (Lipinski definition) is 0. The summed E-state index contributed by atoms with van der Waals surface area (Å²) in [6.45, 7) is 2.75. The molecule has 1 amide bonds. The molecule has 0 aromatic carbocycles. The average Bonchev–Trinajstić information content (AvgIpc) is 2.77. The molecular weight excluding hydrogens is 234 g/mol. The van der Waals surface area contributed by atoms with Crippen LogP contribution in [0.15, 0.2) is 17.5 Å². The van der Waals surface area contributed by atoms with Gasteiger partial charge >= 0.3 is 0 Å². The van der Waals surface area contributed by atoms with Gasteiger partial charge in [0.1, 0.15) is 0 Å². The summed E-state index contributed by atoms with van der Waals surface area (Å²) in [6, 6.07) is 3.71. The standard InChI is InChI=1S/C13H17NO2S/c1-10-6-3-2-4-8-14(10)13(16)12(15)11-7-5-9-17-11/h5,7,9-10H,2-4,6,8H2,1H3. The van der Waals surface area contributed by atoms with E-state index >= 15 is 0 Å². The molecule has 0 radical (unpaired) electrons. The zero-order valence-corrected chi connectivity index (χ0v) is 10.8. The smallest absolute Gasteiger partial charge is 0.296 e. The van der Waals surface area contributed by atoms with Crippen LogP contribution in [0, 0.1) is 0 Å². The minimum absolute atomic E-state index is 0.189. The first-order valence-corrected chi connectivity index (χ1v) is 6.97. The SMILES string of the molecule is CC1CCCCCN1C(=O)C(=O)c1cccs1. The summed E-state index contributed by atoms with van der Waals surface area (Å²) in [5, 5.41) is 1.83. The molecule has 17 heavy (non-hydrogen) atoms. The molecule has 1 fully saturated rings. The van der Waals surface area contributed by atoms with Crippen LogP contribution >= 0.6 is 11.3 Å². The predicted octanol–water partition coefficient (Wildman–Crippen LogP) is 2.72. The van der Waals surface area contributed by atoms with Crippen LogP contribution in [0.1, 0.15) is 42.3 Å². The summed E-state index contributed by atoms with van der Waals surface area (Å²) in [5.74, 6) is -0.685. The van der Waals surface area contributed by atoms with Crippen LogP contribution in [0.5, 0.6) is 0 Å². The van der Waals surface area contributed by atoms with Crippen LogP contribution in [-0.2, 0) is 4.79 Å². The fraction of sp³-hybridized carbons (Fsp3) is 0.538. The summed E-state index contributed by atoms with van der Waals surface area (Å²) in [5.41, 5.74) is 0. The molecule has 0 spiro atoms. The zero-order chi connectivity index (χ0) is 12.3. The van der Waals surface area contributed by atoms with Crippen LogP contribution in [0.4, 0.5) is 0 Å². The number of carbonyl (C=O) groups is 2. The van der Waals surface area contributed by atoms with Gasteiger partial charge < -0.3 is 4.90 Å². The number of rotatable bonds is 2. The van der Waals surface area contributed by atoms with E-state index in [1.54, 1.807) is 17.0 Å². The largest absolute Gasteiger partial charge is 0.333 e. The lowest BCUT2D eigenvalue weighted by Gasteiger charge is -2.26. The highest BCUT2D eigenvalue weighted by molar-refractivity contribution is 7.12. The van der Waals surface area contributed by atoms with Gasteiger partial charge in [-0.15, -0.1) is 11.3 Å². The number of likely N-dealkylation sites (tertiary alicyclic amines) is 1. The molecule has 0 N–H and O–H groups in total. The number of Topliss-reactive ketones (excluding diaryl/α,β-unsaturated/α-hetero) is 1. The summed E-state index contributed by atoms with van der Waals surface area (Å²) < 4.78 is 0. The molecule has 0 saturated carbocycles. The Bertz CT molecular complexity index is 400. The van der Waals surface area contributed by atoms with E-state index in [-0.39, 0.29) is 17.7 Å². The monoisotopic (exact) mass is 251 g/mol. The normalized spacial score (nSPS) is 21.0. The van der Waals surface area contributed by atoms with Crippen LogP contribution in [-0.4, -0.2) is 29.2 Å². The molecule has 1 unspecified atom stereocenters. The molecule has 1 aliphatic heterocycles. The first-order valence-electron chi connectivity index (χ1n) is 6.09. The minimum Gasteiger partial charge on any atom is -0.333 e. The van der Waals surface area contributed by atoms with Gasteiger partial charge in [-0.25, -0.2) is 0 Å². The van der Waals surface area contributed by atoms with E-state index in [0.717, 1.165) is 32.2 Å². The molecular formula is C13H17NO2S. The molecule has 1 aromatic heterocycles. The van der Waals surface area contributed by atoms with Crippen LogP contribution < -0.4 is 0 Å². The van der Waals surface area contributed by atoms with Crippen molar-refractivity contribution in [1.82, 2.24) is 4.90 Å². The number of amides is 1. The molecule has 2 rings (SSSR count). The zero-order valence-electron chi connectivity index (χ0n) is 10.0. The van der Waals surface area contributed by atoms with Crippen molar-refractivity contribution in [1.29, 1.82) is 0 Å². The quantitative estimate of drug-likeness (QED) is 0.598. The Labute approximate surface area is 105 Å². The molecule has 92 valence electrons. The highest BCUT2D eigenvalue weighted by atomic mass is 32.1. The number of thiophene rings is 1. The van der Waals surface area contributed by atoms with Crippen molar-refractivity contribution in [2.24, 2.45) is 0 Å². The van der Waals surface area contributed by atoms with Crippen LogP contribution in [0.3, 0.4) is 0 Å². The van der Waals surface area contributed by atoms with E-state index in [9.17, 15) is 9.59 Å². The topological polar surface area (TPSA) is 37.4 Å². The highest BCUT2D eigenvalue weighted by Gasteiger charge is 2.28. The lowest BCUT2D eigenvalue weighted by Crippen LogP contribution is -2.42. The Morgan fingerprint density at radius 1 is 1.35 bits per heavy atom. The van der Waals surface area contributed by atoms with Crippen LogP contribution in [0.2, 0.25) is 0 Å². The van der Waals surface area contributed by atoms with Crippen molar-refractivity contribution in [3.8, 4) is 0 Å². The van der Waals surface area contributed by atoms with Crippen molar-refractivity contribution in [3.63, 3.8) is 0 Å². The molecule has 1 aromatic rings. The fourth-order valence-electron chi connectivity index (χ4n) is 2.22. The Morgan fingerprint density at radius 3 is 2.88 bits per heavy atom. The van der Waals surface area contributed by atoms with Gasteiger partial charge in [0.15, 0.2) is 0 Å². The van der Waals surface area contributed by atoms with Gasteiger partial charge in [-0.2, -0.15) is 0 Å². The van der Waals surface area contributed by atoms with Crippen LogP contribution in [0.25, 0.3) is 0 Å². The van der Waals surface area contributed by atoms with Gasteiger partial charge in [-0.1, -0.05) is 18.9 Å². The maximum Gasteiger partial charge on any atom is 0.296 e. The molecule has 0 bridgehead atoms. The lowest BCUT2D eigenvalue weighted by atomic mass is 10.1. The van der Waals surface area contributed by atoms with E-state index in [1.807, 2.05) is 12.3 Å². The van der Waals surface area contributed by atoms with Gasteiger partial charge in [-0.05, 0) is 31.2 Å². The Kier molecular flexibility index (Phi) is 3.94. The van der Waals surface area contributed by atoms with E-state index < -0.39 is 0 Å². The van der Waals surface area contributed by atoms with E-state index in [4.69, 9.17) is 0 Å². The van der Waals surface area contributed by atoms with E-state index in [1.165, 1.54) is 11.3 Å². The molecule has 4 heteroatoms. The molecule has 1 aliphatic rings. The number of nitrogens with zero attached hydrogens (tertiary/aromatic N) is 1. The third-order valence-electron chi connectivity index (χ3n) is 3.25. The van der Waals surface area contributed by atoms with Crippen molar-refractivity contribution in [2.45, 2.75) is 38.6 Å². The van der Waals surface area contributed by atoms with Crippen molar-refractivity contribution in [3.05, 3.63) is 22.4 Å². The van der Waals surface area contributed by atoms with Gasteiger partial charge in [0, 0.05) is 12.6 Å². The number of hydrogen-bond acceptors (Lipinski definition) is 3. The van der Waals surface area contributed by atoms with Crippen molar-refractivity contribution < 1.29 is 9.59 Å². The summed E-state index contributed by atoms with van der Waals surface area (Å²) in [7, 11) is 0. The van der Waals surface area contributed by atoms with Crippen molar-refractivity contribution in [2.75, 3.05) is 6.54 Å². The molecule has 3 nitrogen and oxygen atoms in total.